The van der Waals surface area contributed by atoms with Gasteiger partial charge >= 0.3 is 11.6 Å². The number of carboxylic acids is 1. The van der Waals surface area contributed by atoms with Crippen molar-refractivity contribution in [2.24, 2.45) is 5.73 Å². The number of carbonyl (C=O) groups excluding carboxylic acids is 1. The summed E-state index contributed by atoms with van der Waals surface area (Å²) >= 11 is 1.27. The number of nitrogens with two attached hydrogens (primary N) is 1. The van der Waals surface area contributed by atoms with Gasteiger partial charge in [-0.05, 0) is 23.8 Å². The van der Waals surface area contributed by atoms with Crippen molar-refractivity contribution >= 4 is 34.5 Å². The van der Waals surface area contributed by atoms with E-state index < -0.39 is 17.6 Å². The third-order valence-corrected chi connectivity index (χ3v) is 5.97. The minimum absolute atomic E-state index is 0.00738. The van der Waals surface area contributed by atoms with E-state index >= 15 is 0 Å². The molecule has 0 aliphatic rings. The summed E-state index contributed by atoms with van der Waals surface area (Å²) in [5.41, 5.74) is 6.03. The maximum absolute atomic E-state index is 12.9. The predicted molar refractivity (Wildman–Crippen MR) is 115 cm³/mol. The van der Waals surface area contributed by atoms with Crippen molar-refractivity contribution in [2.75, 3.05) is 12.9 Å². The van der Waals surface area contributed by atoms with E-state index in [0.717, 1.165) is 5.56 Å². The number of methoxy groups -OCH3 is 1. The van der Waals surface area contributed by atoms with Gasteiger partial charge in [-0.2, -0.15) is 11.8 Å². The van der Waals surface area contributed by atoms with Gasteiger partial charge in [0.15, 0.2) is 5.78 Å². The highest BCUT2D eigenvalue weighted by atomic mass is 32.2. The Balaban J connectivity index is 1.86. The molecule has 0 amide bonds. The van der Waals surface area contributed by atoms with Gasteiger partial charge in [-0.1, -0.05) is 30.3 Å². The van der Waals surface area contributed by atoms with Crippen molar-refractivity contribution in [3.8, 4) is 5.75 Å². The van der Waals surface area contributed by atoms with Crippen LogP contribution < -0.4 is 16.1 Å². The number of rotatable bonds is 9. The molecule has 3 aromatic rings. The summed E-state index contributed by atoms with van der Waals surface area (Å²) in [5.74, 6) is -0.813. The van der Waals surface area contributed by atoms with Crippen molar-refractivity contribution in [3.05, 3.63) is 76.1 Å². The third-order valence-electron chi connectivity index (χ3n) is 4.58. The van der Waals surface area contributed by atoms with Crippen LogP contribution in [0.15, 0.2) is 63.8 Å². The lowest BCUT2D eigenvalue weighted by molar-refractivity contribution is -0.137. The van der Waals surface area contributed by atoms with Gasteiger partial charge in [-0.15, -0.1) is 0 Å². The van der Waals surface area contributed by atoms with Crippen molar-refractivity contribution in [1.82, 2.24) is 0 Å². The molecule has 0 spiro atoms. The Labute approximate surface area is 176 Å². The normalized spacial score (nSPS) is 13.0. The van der Waals surface area contributed by atoms with Gasteiger partial charge in [0.25, 0.3) is 0 Å². The average Bonchev–Trinajstić information content (AvgIpc) is 2.75. The van der Waals surface area contributed by atoms with Crippen molar-refractivity contribution in [1.29, 1.82) is 0 Å². The van der Waals surface area contributed by atoms with E-state index in [1.54, 1.807) is 18.2 Å². The zero-order chi connectivity index (χ0) is 21.7. The molecule has 0 aliphatic heterocycles. The molecule has 0 aliphatic carbocycles. The standard InChI is InChI=1S/C22H21NO6S/c1-28-15-8-7-14-9-16(22(27)29-19(14)10-15)18(24)11-20(13-5-3-2-4-6-13)30-12-17(23)21(25)26/h2-10,17,20H,11-12,23H2,1H3,(H,25,26)/t17-,20?/m0/s1. The first-order valence-corrected chi connectivity index (χ1v) is 10.2. The highest BCUT2D eigenvalue weighted by Crippen LogP contribution is 2.33. The second kappa shape index (κ2) is 9.60. The lowest BCUT2D eigenvalue weighted by Gasteiger charge is -2.17. The minimum Gasteiger partial charge on any atom is -0.497 e. The molecule has 1 aromatic heterocycles. The number of ketones is 1. The fraction of sp³-hybridized carbons (Fsp3) is 0.227. The van der Waals surface area contributed by atoms with Gasteiger partial charge in [-0.25, -0.2) is 4.79 Å². The number of aliphatic carboxylic acids is 1. The Morgan fingerprint density at radius 1 is 1.17 bits per heavy atom. The van der Waals surface area contributed by atoms with E-state index in [4.69, 9.17) is 20.0 Å². The van der Waals surface area contributed by atoms with Crippen molar-refractivity contribution < 1.29 is 23.8 Å². The second-order valence-corrected chi connectivity index (χ2v) is 7.89. The van der Waals surface area contributed by atoms with Crippen LogP contribution in [0.1, 0.15) is 27.6 Å². The number of hydrogen-bond donors (Lipinski definition) is 2. The third kappa shape index (κ3) is 5.08. The summed E-state index contributed by atoms with van der Waals surface area (Å²) < 4.78 is 10.4. The van der Waals surface area contributed by atoms with Crippen LogP contribution in [0.2, 0.25) is 0 Å². The predicted octanol–water partition coefficient (Wildman–Crippen LogP) is 3.26. The van der Waals surface area contributed by atoms with Gasteiger partial charge < -0.3 is 20.0 Å². The molecule has 0 radical (unpaired) electrons. The molecule has 8 heteroatoms. The molecule has 0 saturated carbocycles. The number of fused-ring (bicyclic) bond motifs is 1. The fourth-order valence-corrected chi connectivity index (χ4v) is 4.12. The molecule has 30 heavy (non-hydrogen) atoms. The lowest BCUT2D eigenvalue weighted by atomic mass is 10.0. The molecule has 0 saturated heterocycles. The van der Waals surface area contributed by atoms with Gasteiger partial charge in [0.1, 0.15) is 22.9 Å². The minimum atomic E-state index is -1.11. The van der Waals surface area contributed by atoms with Crippen LogP contribution in [0.25, 0.3) is 11.0 Å². The van der Waals surface area contributed by atoms with Crippen LogP contribution in [0.5, 0.6) is 5.75 Å². The highest BCUT2D eigenvalue weighted by molar-refractivity contribution is 7.99. The van der Waals surface area contributed by atoms with E-state index in [1.807, 2.05) is 30.3 Å². The zero-order valence-electron chi connectivity index (χ0n) is 16.2. The number of ether oxygens (including phenoxy) is 1. The Hall–Kier alpha value is -3.10. The molecule has 2 atom stereocenters. The number of thioether (sulfide) groups is 1. The van der Waals surface area contributed by atoms with Gasteiger partial charge in [0, 0.05) is 28.9 Å². The van der Waals surface area contributed by atoms with Gasteiger partial charge in [0.2, 0.25) is 0 Å². The molecule has 3 rings (SSSR count). The second-order valence-electron chi connectivity index (χ2n) is 6.66. The van der Waals surface area contributed by atoms with Crippen LogP contribution in [0.3, 0.4) is 0 Å². The first-order valence-electron chi connectivity index (χ1n) is 9.19. The van der Waals surface area contributed by atoms with E-state index in [9.17, 15) is 14.4 Å². The molecule has 1 unspecified atom stereocenters. The van der Waals surface area contributed by atoms with E-state index in [1.165, 1.54) is 24.9 Å². The quantitative estimate of drug-likeness (QED) is 0.394. The highest BCUT2D eigenvalue weighted by Gasteiger charge is 2.23. The molecule has 2 aromatic carbocycles. The summed E-state index contributed by atoms with van der Waals surface area (Å²) in [6, 6.07) is 14.7. The maximum Gasteiger partial charge on any atom is 0.347 e. The smallest absolute Gasteiger partial charge is 0.347 e. The molecule has 3 N–H and O–H groups in total. The molecule has 0 fully saturated rings. The van der Waals surface area contributed by atoms with Gasteiger partial charge in [-0.3, -0.25) is 9.59 Å². The number of carbonyl (C=O) groups is 2. The average molecular weight is 427 g/mol. The summed E-state index contributed by atoms with van der Waals surface area (Å²) in [7, 11) is 1.51. The van der Waals surface area contributed by atoms with Crippen LogP contribution >= 0.6 is 11.8 Å². The van der Waals surface area contributed by atoms with Crippen LogP contribution in [-0.2, 0) is 4.79 Å². The summed E-state index contributed by atoms with van der Waals surface area (Å²) in [4.78, 5) is 36.4. The maximum atomic E-state index is 12.9. The molecular formula is C22H21NO6S. The largest absolute Gasteiger partial charge is 0.497 e. The summed E-state index contributed by atoms with van der Waals surface area (Å²) in [6.07, 6.45) is 0.00738. The Morgan fingerprint density at radius 3 is 2.57 bits per heavy atom. The van der Waals surface area contributed by atoms with E-state index in [0.29, 0.717) is 16.7 Å². The van der Waals surface area contributed by atoms with E-state index in [-0.39, 0.29) is 28.8 Å². The number of carboxylic acid groups (broad SMARTS) is 1. The SMILES string of the molecule is COc1ccc2cc(C(=O)CC(SC[C@H](N)C(=O)O)c3ccccc3)c(=O)oc2c1. The number of hydrogen-bond acceptors (Lipinski definition) is 7. The first-order chi connectivity index (χ1) is 14.4. The molecule has 1 heterocycles. The molecule has 7 nitrogen and oxygen atoms in total. The van der Waals surface area contributed by atoms with Crippen molar-refractivity contribution in [3.63, 3.8) is 0 Å². The zero-order valence-corrected chi connectivity index (χ0v) is 17.1. The summed E-state index contributed by atoms with van der Waals surface area (Å²) in [5, 5.41) is 9.29. The number of Topliss-reactive ketones (excluding diaryl/α,β-unsaturated/α-hetero) is 1. The Morgan fingerprint density at radius 2 is 1.90 bits per heavy atom. The van der Waals surface area contributed by atoms with Gasteiger partial charge in [0.05, 0.1) is 7.11 Å². The number of benzene rings is 2. The van der Waals surface area contributed by atoms with Crippen LogP contribution in [-0.4, -0.2) is 35.8 Å². The summed E-state index contributed by atoms with van der Waals surface area (Å²) in [6.45, 7) is 0. The Bertz CT molecular complexity index is 1110. The fourth-order valence-electron chi connectivity index (χ4n) is 2.92. The van der Waals surface area contributed by atoms with E-state index in [2.05, 4.69) is 0 Å². The monoisotopic (exact) mass is 427 g/mol. The Kier molecular flexibility index (Phi) is 6.91. The molecular weight excluding hydrogens is 406 g/mol. The van der Waals surface area contributed by atoms with Crippen LogP contribution in [0.4, 0.5) is 0 Å². The lowest BCUT2D eigenvalue weighted by Crippen LogP contribution is -2.32. The van der Waals surface area contributed by atoms with Crippen molar-refractivity contribution in [2.45, 2.75) is 17.7 Å². The van der Waals surface area contributed by atoms with Crippen LogP contribution in [0, 0.1) is 0 Å². The molecule has 156 valence electrons. The molecule has 0 bridgehead atoms. The topological polar surface area (TPSA) is 120 Å². The first kappa shape index (κ1) is 21.6.